The molecule has 1 rings (SSSR count). The van der Waals surface area contributed by atoms with Crippen LogP contribution in [0.2, 0.25) is 0 Å². The zero-order chi connectivity index (χ0) is 13.2. The van der Waals surface area contributed by atoms with Crippen molar-refractivity contribution in [2.75, 3.05) is 19.8 Å². The van der Waals surface area contributed by atoms with Crippen LogP contribution in [0.5, 0.6) is 5.75 Å². The second-order valence-corrected chi connectivity index (χ2v) is 4.02. The van der Waals surface area contributed by atoms with Crippen molar-refractivity contribution >= 4 is 5.91 Å². The number of nitrogens with one attached hydrogen (secondary N) is 1. The molecule has 0 atom stereocenters. The summed E-state index contributed by atoms with van der Waals surface area (Å²) in [6.45, 7) is 3.09. The van der Waals surface area contributed by atoms with Crippen LogP contribution in [-0.2, 0) is 11.2 Å². The van der Waals surface area contributed by atoms with Gasteiger partial charge in [-0.1, -0.05) is 19.1 Å². The zero-order valence-electron chi connectivity index (χ0n) is 10.8. The van der Waals surface area contributed by atoms with Crippen LogP contribution in [0.1, 0.15) is 25.3 Å². The summed E-state index contributed by atoms with van der Waals surface area (Å²) in [6, 6.07) is 7.89. The maximum Gasteiger partial charge on any atom is 0.223 e. The highest BCUT2D eigenvalue weighted by molar-refractivity contribution is 5.75. The fraction of sp³-hybridized carbons (Fsp3) is 0.500. The van der Waals surface area contributed by atoms with Gasteiger partial charge in [0.05, 0.1) is 13.0 Å². The highest BCUT2D eigenvalue weighted by atomic mass is 16.5. The molecule has 0 fully saturated rings. The summed E-state index contributed by atoms with van der Waals surface area (Å²) < 4.78 is 5.47. The van der Waals surface area contributed by atoms with Crippen molar-refractivity contribution in [1.29, 1.82) is 0 Å². The van der Waals surface area contributed by atoms with E-state index in [9.17, 15) is 4.79 Å². The quantitative estimate of drug-likeness (QED) is 0.689. The van der Waals surface area contributed by atoms with Gasteiger partial charge in [0.1, 0.15) is 5.75 Å². The monoisotopic (exact) mass is 251 g/mol. The average molecular weight is 251 g/mol. The Morgan fingerprint density at radius 2 is 2.06 bits per heavy atom. The number of hydrogen-bond donors (Lipinski definition) is 2. The molecule has 1 aromatic carbocycles. The Hall–Kier alpha value is -1.55. The minimum atomic E-state index is -0.0476. The number of benzene rings is 1. The molecule has 0 unspecified atom stereocenters. The van der Waals surface area contributed by atoms with Gasteiger partial charge in [-0.05, 0) is 30.5 Å². The molecular weight excluding hydrogens is 230 g/mol. The van der Waals surface area contributed by atoms with Crippen molar-refractivity contribution in [1.82, 2.24) is 5.32 Å². The summed E-state index contributed by atoms with van der Waals surface area (Å²) in [5, 5.41) is 11.3. The van der Waals surface area contributed by atoms with Gasteiger partial charge < -0.3 is 15.2 Å². The maximum absolute atomic E-state index is 11.3. The number of aliphatic hydroxyl groups is 1. The molecule has 0 heterocycles. The predicted octanol–water partition coefficient (Wildman–Crippen LogP) is 1.52. The molecule has 0 aromatic heterocycles. The molecule has 0 saturated heterocycles. The zero-order valence-corrected chi connectivity index (χ0v) is 10.8. The third-order valence-electron chi connectivity index (χ3n) is 2.59. The Labute approximate surface area is 108 Å². The van der Waals surface area contributed by atoms with E-state index in [2.05, 4.69) is 12.2 Å². The van der Waals surface area contributed by atoms with Crippen LogP contribution >= 0.6 is 0 Å². The van der Waals surface area contributed by atoms with Crippen molar-refractivity contribution in [3.05, 3.63) is 29.8 Å². The Bertz CT molecular complexity index is 349. The summed E-state index contributed by atoms with van der Waals surface area (Å²) in [6.07, 6.45) is 1.93. The van der Waals surface area contributed by atoms with Crippen molar-refractivity contribution in [2.45, 2.75) is 26.2 Å². The summed E-state index contributed by atoms with van der Waals surface area (Å²) in [7, 11) is 0. The fourth-order valence-corrected chi connectivity index (χ4v) is 1.48. The molecule has 4 nitrogen and oxygen atoms in total. The van der Waals surface area contributed by atoms with Gasteiger partial charge in [0.25, 0.3) is 0 Å². The van der Waals surface area contributed by atoms with Crippen LogP contribution in [0.4, 0.5) is 0 Å². The van der Waals surface area contributed by atoms with Crippen LogP contribution in [0.3, 0.4) is 0 Å². The van der Waals surface area contributed by atoms with E-state index in [1.54, 1.807) is 0 Å². The Morgan fingerprint density at radius 1 is 1.33 bits per heavy atom. The molecule has 0 radical (unpaired) electrons. The average Bonchev–Trinajstić information content (AvgIpc) is 2.40. The minimum Gasteiger partial charge on any atom is -0.493 e. The van der Waals surface area contributed by atoms with E-state index < -0.39 is 0 Å². The fourth-order valence-electron chi connectivity index (χ4n) is 1.48. The number of rotatable bonds is 8. The summed E-state index contributed by atoms with van der Waals surface area (Å²) in [5.74, 6) is 0.740. The van der Waals surface area contributed by atoms with Crippen molar-refractivity contribution < 1.29 is 14.6 Å². The van der Waals surface area contributed by atoms with E-state index in [0.717, 1.165) is 12.2 Å². The van der Waals surface area contributed by atoms with E-state index in [1.165, 1.54) is 5.56 Å². The number of ether oxygens (including phenoxy) is 1. The van der Waals surface area contributed by atoms with Gasteiger partial charge in [-0.3, -0.25) is 4.79 Å². The lowest BCUT2D eigenvalue weighted by Crippen LogP contribution is -2.26. The van der Waals surface area contributed by atoms with E-state index in [1.807, 2.05) is 24.3 Å². The van der Waals surface area contributed by atoms with Gasteiger partial charge in [-0.15, -0.1) is 0 Å². The predicted molar refractivity (Wildman–Crippen MR) is 70.6 cm³/mol. The molecule has 0 spiro atoms. The summed E-state index contributed by atoms with van der Waals surface area (Å²) in [4.78, 5) is 11.3. The molecule has 0 aliphatic rings. The number of amides is 1. The first-order valence-electron chi connectivity index (χ1n) is 6.35. The third-order valence-corrected chi connectivity index (χ3v) is 2.59. The molecule has 0 aliphatic heterocycles. The van der Waals surface area contributed by atoms with Crippen molar-refractivity contribution in [3.8, 4) is 5.75 Å². The summed E-state index contributed by atoms with van der Waals surface area (Å²) in [5.41, 5.74) is 1.27. The third kappa shape index (κ3) is 5.68. The molecule has 0 saturated carbocycles. The Kier molecular flexibility index (Phi) is 6.87. The molecule has 1 amide bonds. The Morgan fingerprint density at radius 3 is 2.67 bits per heavy atom. The molecule has 0 aliphatic carbocycles. The standard InChI is InChI=1S/C14H21NO3/c1-2-12-4-6-13(7-5-12)18-11-8-14(17)15-9-3-10-16/h4-7,16H,2-3,8-11H2,1H3,(H,15,17). The van der Waals surface area contributed by atoms with E-state index in [4.69, 9.17) is 9.84 Å². The second kappa shape index (κ2) is 8.53. The molecular formula is C14H21NO3. The van der Waals surface area contributed by atoms with Gasteiger partial charge in [0.15, 0.2) is 0 Å². The van der Waals surface area contributed by atoms with E-state index in [-0.39, 0.29) is 12.5 Å². The van der Waals surface area contributed by atoms with Crippen LogP contribution in [0, 0.1) is 0 Å². The molecule has 0 bridgehead atoms. The van der Waals surface area contributed by atoms with Gasteiger partial charge >= 0.3 is 0 Å². The molecule has 2 N–H and O–H groups in total. The number of carbonyl (C=O) groups excluding carboxylic acids is 1. The topological polar surface area (TPSA) is 58.6 Å². The highest BCUT2D eigenvalue weighted by Gasteiger charge is 2.01. The largest absolute Gasteiger partial charge is 0.493 e. The van der Waals surface area contributed by atoms with E-state index >= 15 is 0 Å². The normalized spacial score (nSPS) is 10.1. The lowest BCUT2D eigenvalue weighted by molar-refractivity contribution is -0.121. The van der Waals surface area contributed by atoms with Crippen molar-refractivity contribution in [2.24, 2.45) is 0 Å². The molecule has 100 valence electrons. The van der Waals surface area contributed by atoms with Crippen LogP contribution in [0.15, 0.2) is 24.3 Å². The van der Waals surface area contributed by atoms with Gasteiger partial charge in [-0.2, -0.15) is 0 Å². The van der Waals surface area contributed by atoms with Crippen LogP contribution in [-0.4, -0.2) is 30.8 Å². The lowest BCUT2D eigenvalue weighted by atomic mass is 10.2. The van der Waals surface area contributed by atoms with Gasteiger partial charge in [-0.25, -0.2) is 0 Å². The molecule has 1 aromatic rings. The first-order chi connectivity index (χ1) is 8.76. The smallest absolute Gasteiger partial charge is 0.223 e. The lowest BCUT2D eigenvalue weighted by Gasteiger charge is -2.07. The van der Waals surface area contributed by atoms with Crippen LogP contribution < -0.4 is 10.1 Å². The van der Waals surface area contributed by atoms with E-state index in [0.29, 0.717) is 26.0 Å². The minimum absolute atomic E-state index is 0.0476. The molecule has 4 heteroatoms. The summed E-state index contributed by atoms with van der Waals surface area (Å²) >= 11 is 0. The van der Waals surface area contributed by atoms with Crippen LogP contribution in [0.25, 0.3) is 0 Å². The molecule has 18 heavy (non-hydrogen) atoms. The second-order valence-electron chi connectivity index (χ2n) is 4.02. The first kappa shape index (κ1) is 14.5. The Balaban J connectivity index is 2.18. The number of aliphatic hydroxyl groups excluding tert-OH is 1. The number of carbonyl (C=O) groups is 1. The first-order valence-corrected chi connectivity index (χ1v) is 6.35. The van der Waals surface area contributed by atoms with Crippen molar-refractivity contribution in [3.63, 3.8) is 0 Å². The maximum atomic E-state index is 11.3. The van der Waals surface area contributed by atoms with Gasteiger partial charge in [0, 0.05) is 13.2 Å². The highest BCUT2D eigenvalue weighted by Crippen LogP contribution is 2.12. The number of hydrogen-bond acceptors (Lipinski definition) is 3. The SMILES string of the molecule is CCc1ccc(OCCC(=O)NCCCO)cc1. The van der Waals surface area contributed by atoms with Gasteiger partial charge in [0.2, 0.25) is 5.91 Å². The number of aryl methyl sites for hydroxylation is 1.